The molecule has 2 aromatic carbocycles. The molecule has 0 spiro atoms. The Morgan fingerprint density at radius 2 is 1.95 bits per heavy atom. The zero-order chi connectivity index (χ0) is 25.5. The van der Waals surface area contributed by atoms with E-state index in [1.165, 1.54) is 0 Å². The monoisotopic (exact) mass is 680 g/mol. The van der Waals surface area contributed by atoms with Gasteiger partial charge in [-0.2, -0.15) is 9.97 Å². The van der Waals surface area contributed by atoms with Crippen LogP contribution in [0.3, 0.4) is 0 Å². The summed E-state index contributed by atoms with van der Waals surface area (Å²) < 4.78 is 20.0. The molecule has 3 aliphatic heterocycles. The second-order valence-electron chi connectivity index (χ2n) is 9.56. The van der Waals surface area contributed by atoms with E-state index in [0.717, 1.165) is 44.1 Å². The Bertz CT molecular complexity index is 1320. The lowest BCUT2D eigenvalue weighted by atomic mass is 10.1. The highest BCUT2D eigenvalue weighted by atomic mass is 127. The number of rotatable bonds is 6. The molecule has 11 heteroatoms. The van der Waals surface area contributed by atoms with Crippen LogP contribution in [0.4, 0.5) is 10.6 Å². The van der Waals surface area contributed by atoms with Gasteiger partial charge in [0.2, 0.25) is 0 Å². The fourth-order valence-corrected chi connectivity index (χ4v) is 6.36. The maximum atomic E-state index is 11.7. The number of carboxylic acid groups (broad SMARTS) is 1. The highest BCUT2D eigenvalue weighted by molar-refractivity contribution is 14.1. The third kappa shape index (κ3) is 4.92. The van der Waals surface area contributed by atoms with Crippen LogP contribution in [-0.2, 0) is 11.3 Å². The van der Waals surface area contributed by atoms with Crippen molar-refractivity contribution in [2.75, 3.05) is 31.2 Å². The number of likely N-dealkylation sites (tertiary alicyclic amines) is 1. The number of carbonyl (C=O) groups is 1. The fourth-order valence-electron chi connectivity index (χ4n) is 5.38. The van der Waals surface area contributed by atoms with Crippen molar-refractivity contribution in [2.45, 2.75) is 44.1 Å². The summed E-state index contributed by atoms with van der Waals surface area (Å²) >= 11 is 6.02. The number of hydrogen-bond acceptors (Lipinski definition) is 7. The zero-order valence-electron chi connectivity index (χ0n) is 20.0. The third-order valence-electron chi connectivity index (χ3n) is 7.22. The quantitative estimate of drug-likeness (QED) is 0.361. The van der Waals surface area contributed by atoms with Gasteiger partial charge in [-0.1, -0.05) is 30.3 Å². The molecule has 6 rings (SSSR count). The van der Waals surface area contributed by atoms with Crippen molar-refractivity contribution >= 4 is 61.3 Å². The number of benzene rings is 2. The standard InChI is InChI=1S/C26H26BrIN4O5/c27-21-20(28)11-19-22(23(21)36-14-15-4-2-1-3-5-15)29-25(37-18-6-8-35-9-7-18)30-24(19)31-12-17-10-16(31)13-32(17)26(33)34/h1-5,11,16-18H,6-10,12-14H2,(H,33,34)/t16-,17-/m0/s1. The topological polar surface area (TPSA) is 97.3 Å². The van der Waals surface area contributed by atoms with Crippen molar-refractivity contribution in [3.63, 3.8) is 0 Å². The van der Waals surface area contributed by atoms with Crippen LogP contribution in [0.15, 0.2) is 40.9 Å². The Hall–Kier alpha value is -2.38. The summed E-state index contributed by atoms with van der Waals surface area (Å²) in [6.07, 6.45) is 1.48. The van der Waals surface area contributed by atoms with Crippen LogP contribution < -0.4 is 14.4 Å². The van der Waals surface area contributed by atoms with E-state index in [2.05, 4.69) is 49.5 Å². The molecule has 1 aromatic heterocycles. The van der Waals surface area contributed by atoms with Gasteiger partial charge in [0.15, 0.2) is 5.75 Å². The Labute approximate surface area is 236 Å². The van der Waals surface area contributed by atoms with Crippen molar-refractivity contribution in [3.05, 3.63) is 50.0 Å². The SMILES string of the molecule is O=C(O)N1C[C@@H]2C[C@H]1CN2c1nc(OC2CCOCC2)nc2c(OCc3ccccc3)c(Br)c(I)cc12. The second kappa shape index (κ2) is 10.4. The third-order valence-corrected chi connectivity index (χ3v) is 9.60. The van der Waals surface area contributed by atoms with Crippen LogP contribution >= 0.6 is 38.5 Å². The molecule has 3 fully saturated rings. The minimum absolute atomic E-state index is 0.0162. The van der Waals surface area contributed by atoms with E-state index in [4.69, 9.17) is 24.2 Å². The molecule has 4 heterocycles. The molecule has 3 aromatic rings. The highest BCUT2D eigenvalue weighted by Gasteiger charge is 2.46. The van der Waals surface area contributed by atoms with Gasteiger partial charge in [0.1, 0.15) is 24.0 Å². The summed E-state index contributed by atoms with van der Waals surface area (Å²) in [6, 6.07) is 12.4. The van der Waals surface area contributed by atoms with Gasteiger partial charge in [-0.05, 0) is 56.6 Å². The first-order valence-electron chi connectivity index (χ1n) is 12.3. The van der Waals surface area contributed by atoms with Crippen molar-refractivity contribution in [2.24, 2.45) is 0 Å². The van der Waals surface area contributed by atoms with Gasteiger partial charge in [0, 0.05) is 34.9 Å². The van der Waals surface area contributed by atoms with Crippen LogP contribution in [-0.4, -0.2) is 70.6 Å². The Morgan fingerprint density at radius 3 is 2.65 bits per heavy atom. The van der Waals surface area contributed by atoms with Gasteiger partial charge in [-0.25, -0.2) is 4.79 Å². The smallest absolute Gasteiger partial charge is 0.407 e. The minimum Gasteiger partial charge on any atom is -0.485 e. The van der Waals surface area contributed by atoms with E-state index in [1.54, 1.807) is 4.90 Å². The molecule has 2 atom stereocenters. The lowest BCUT2D eigenvalue weighted by Crippen LogP contribution is -2.48. The number of anilines is 1. The molecule has 3 saturated heterocycles. The van der Waals surface area contributed by atoms with Gasteiger partial charge < -0.3 is 29.1 Å². The number of halogens is 2. The largest absolute Gasteiger partial charge is 0.485 e. The molecule has 3 aliphatic rings. The van der Waals surface area contributed by atoms with Crippen LogP contribution in [0.25, 0.3) is 10.9 Å². The summed E-state index contributed by atoms with van der Waals surface area (Å²) in [5.74, 6) is 1.40. The number of aromatic nitrogens is 2. The first kappa shape index (κ1) is 24.9. The summed E-state index contributed by atoms with van der Waals surface area (Å²) in [6.45, 7) is 2.76. The number of ether oxygens (including phenoxy) is 3. The maximum Gasteiger partial charge on any atom is 0.407 e. The molecule has 0 radical (unpaired) electrons. The Balaban J connectivity index is 1.42. The van der Waals surface area contributed by atoms with Crippen LogP contribution in [0.2, 0.25) is 0 Å². The minimum atomic E-state index is -0.863. The maximum absolute atomic E-state index is 11.7. The van der Waals surface area contributed by atoms with Gasteiger partial charge in [0.25, 0.3) is 0 Å². The lowest BCUT2D eigenvalue weighted by molar-refractivity contribution is 0.0219. The number of fused-ring (bicyclic) bond motifs is 3. The fraction of sp³-hybridized carbons (Fsp3) is 0.423. The normalized spacial score (nSPS) is 21.6. The van der Waals surface area contributed by atoms with Crippen LogP contribution in [0.1, 0.15) is 24.8 Å². The van der Waals surface area contributed by atoms with Crippen molar-refractivity contribution in [3.8, 4) is 11.8 Å². The van der Waals surface area contributed by atoms with Gasteiger partial charge in [0.05, 0.1) is 29.8 Å². The lowest BCUT2D eigenvalue weighted by Gasteiger charge is -2.34. The van der Waals surface area contributed by atoms with Crippen molar-refractivity contribution < 1.29 is 24.1 Å². The van der Waals surface area contributed by atoms with E-state index in [0.29, 0.717) is 50.2 Å². The van der Waals surface area contributed by atoms with Gasteiger partial charge >= 0.3 is 12.1 Å². The van der Waals surface area contributed by atoms with Crippen LogP contribution in [0, 0.1) is 3.57 Å². The molecule has 0 aliphatic carbocycles. The molecule has 0 unspecified atom stereocenters. The Morgan fingerprint density at radius 1 is 1.16 bits per heavy atom. The van der Waals surface area contributed by atoms with Gasteiger partial charge in [-0.3, -0.25) is 0 Å². The summed E-state index contributed by atoms with van der Waals surface area (Å²) in [4.78, 5) is 25.2. The molecule has 1 N–H and O–H groups in total. The number of nitrogens with zero attached hydrogens (tertiary/aromatic N) is 4. The van der Waals surface area contributed by atoms with Gasteiger partial charge in [-0.15, -0.1) is 0 Å². The summed E-state index contributed by atoms with van der Waals surface area (Å²) in [7, 11) is 0. The molecule has 37 heavy (non-hydrogen) atoms. The van der Waals surface area contributed by atoms with E-state index >= 15 is 0 Å². The number of piperazine rings is 1. The van der Waals surface area contributed by atoms with E-state index in [9.17, 15) is 9.90 Å². The second-order valence-corrected chi connectivity index (χ2v) is 11.5. The van der Waals surface area contributed by atoms with E-state index < -0.39 is 6.09 Å². The molecular formula is C26H26BrIN4O5. The Kier molecular flexibility index (Phi) is 7.01. The zero-order valence-corrected chi connectivity index (χ0v) is 23.7. The number of amides is 1. The molecule has 194 valence electrons. The predicted octanol–water partition coefficient (Wildman–Crippen LogP) is 5.07. The van der Waals surface area contributed by atoms with Crippen LogP contribution in [0.5, 0.6) is 11.8 Å². The van der Waals surface area contributed by atoms with Crippen molar-refractivity contribution in [1.82, 2.24) is 14.9 Å². The van der Waals surface area contributed by atoms with E-state index in [-0.39, 0.29) is 18.2 Å². The average Bonchev–Trinajstić information content (AvgIpc) is 3.52. The molecule has 2 bridgehead atoms. The number of hydrogen-bond donors (Lipinski definition) is 1. The average molecular weight is 681 g/mol. The predicted molar refractivity (Wildman–Crippen MR) is 149 cm³/mol. The first-order chi connectivity index (χ1) is 18.0. The van der Waals surface area contributed by atoms with Crippen molar-refractivity contribution in [1.29, 1.82) is 0 Å². The van der Waals surface area contributed by atoms with E-state index in [1.807, 2.05) is 30.3 Å². The first-order valence-corrected chi connectivity index (χ1v) is 14.2. The molecule has 1 amide bonds. The molecular weight excluding hydrogens is 655 g/mol. The summed E-state index contributed by atoms with van der Waals surface area (Å²) in [5, 5.41) is 10.4. The summed E-state index contributed by atoms with van der Waals surface area (Å²) in [5.41, 5.74) is 1.73. The molecule has 0 saturated carbocycles. The molecule has 9 nitrogen and oxygen atoms in total. The highest BCUT2D eigenvalue weighted by Crippen LogP contribution is 2.43.